The molecule has 0 amide bonds. The molecule has 1 aliphatic heterocycles. The summed E-state index contributed by atoms with van der Waals surface area (Å²) < 4.78 is 0. The Morgan fingerprint density at radius 3 is 3.00 bits per heavy atom. The van der Waals surface area contributed by atoms with E-state index in [0.29, 0.717) is 6.54 Å². The first-order valence-electron chi connectivity index (χ1n) is 4.75. The first kappa shape index (κ1) is 9.95. The van der Waals surface area contributed by atoms with Crippen LogP contribution in [0.5, 0.6) is 0 Å². The lowest BCUT2D eigenvalue weighted by Crippen LogP contribution is -2.43. The molecule has 1 heterocycles. The average molecular weight is 207 g/mol. The molecule has 1 atom stereocenters. The standard InChI is InChI=1S/C10H13N3O2/c14-7-9(15)6-13-10-4-2-1-3-8(10)5-11-12-13/h1-5,9,12,14-15H,6-7H2. The highest BCUT2D eigenvalue weighted by atomic mass is 16.3. The minimum Gasteiger partial charge on any atom is -0.394 e. The maximum absolute atomic E-state index is 9.35. The van der Waals surface area contributed by atoms with Gasteiger partial charge in [-0.1, -0.05) is 18.2 Å². The van der Waals surface area contributed by atoms with Crippen molar-refractivity contribution in [2.45, 2.75) is 6.10 Å². The van der Waals surface area contributed by atoms with Gasteiger partial charge in [0.15, 0.2) is 0 Å². The molecule has 0 saturated heterocycles. The van der Waals surface area contributed by atoms with Crippen LogP contribution in [-0.2, 0) is 0 Å². The second kappa shape index (κ2) is 4.29. The van der Waals surface area contributed by atoms with Crippen LogP contribution in [0.2, 0.25) is 0 Å². The third-order valence-electron chi connectivity index (χ3n) is 2.21. The molecule has 1 aromatic rings. The molecule has 0 fully saturated rings. The fourth-order valence-corrected chi connectivity index (χ4v) is 1.47. The molecular weight excluding hydrogens is 194 g/mol. The van der Waals surface area contributed by atoms with Crippen LogP contribution in [0, 0.1) is 0 Å². The lowest BCUT2D eigenvalue weighted by Gasteiger charge is -2.29. The summed E-state index contributed by atoms with van der Waals surface area (Å²) in [6.07, 6.45) is 0.941. The molecule has 1 unspecified atom stereocenters. The summed E-state index contributed by atoms with van der Waals surface area (Å²) in [5, 5.41) is 23.8. The van der Waals surface area contributed by atoms with E-state index in [0.717, 1.165) is 11.3 Å². The number of hydrogen-bond donors (Lipinski definition) is 3. The van der Waals surface area contributed by atoms with Gasteiger partial charge in [-0.25, -0.2) is 5.53 Å². The lowest BCUT2D eigenvalue weighted by molar-refractivity contribution is 0.0979. The van der Waals surface area contributed by atoms with Crippen molar-refractivity contribution in [3.05, 3.63) is 29.8 Å². The zero-order valence-corrected chi connectivity index (χ0v) is 8.17. The summed E-state index contributed by atoms with van der Waals surface area (Å²) in [5.74, 6) is 0. The third kappa shape index (κ3) is 2.08. The van der Waals surface area contributed by atoms with Crippen molar-refractivity contribution < 1.29 is 10.2 Å². The van der Waals surface area contributed by atoms with E-state index >= 15 is 0 Å². The number of nitrogens with zero attached hydrogens (tertiary/aromatic N) is 2. The highest BCUT2D eigenvalue weighted by Crippen LogP contribution is 2.19. The number of aliphatic hydroxyl groups excluding tert-OH is 2. The monoisotopic (exact) mass is 207 g/mol. The second-order valence-electron chi connectivity index (χ2n) is 3.36. The molecule has 5 nitrogen and oxygen atoms in total. The van der Waals surface area contributed by atoms with Gasteiger partial charge in [-0.05, 0) is 6.07 Å². The maximum atomic E-state index is 9.35. The highest BCUT2D eigenvalue weighted by Gasteiger charge is 2.15. The van der Waals surface area contributed by atoms with Gasteiger partial charge in [-0.2, -0.15) is 5.10 Å². The van der Waals surface area contributed by atoms with Crippen LogP contribution in [0.4, 0.5) is 5.69 Å². The van der Waals surface area contributed by atoms with Crippen molar-refractivity contribution in [3.63, 3.8) is 0 Å². The summed E-state index contributed by atoms with van der Waals surface area (Å²) >= 11 is 0. The quantitative estimate of drug-likeness (QED) is 0.636. The number of aliphatic hydroxyl groups is 2. The van der Waals surface area contributed by atoms with Gasteiger partial charge in [0.2, 0.25) is 0 Å². The van der Waals surface area contributed by atoms with E-state index in [2.05, 4.69) is 10.6 Å². The Hall–Kier alpha value is -1.59. The molecule has 0 bridgehead atoms. The number of hydrazone groups is 1. The summed E-state index contributed by atoms with van der Waals surface area (Å²) in [4.78, 5) is 0. The van der Waals surface area contributed by atoms with Crippen LogP contribution in [0.3, 0.4) is 0 Å². The molecule has 0 aromatic heterocycles. The van der Waals surface area contributed by atoms with Crippen molar-refractivity contribution in [2.24, 2.45) is 5.10 Å². The number of anilines is 1. The van der Waals surface area contributed by atoms with E-state index in [4.69, 9.17) is 5.11 Å². The first-order valence-corrected chi connectivity index (χ1v) is 4.75. The largest absolute Gasteiger partial charge is 0.394 e. The van der Waals surface area contributed by atoms with Gasteiger partial charge in [0.05, 0.1) is 31.2 Å². The van der Waals surface area contributed by atoms with Crippen molar-refractivity contribution in [1.29, 1.82) is 0 Å². The van der Waals surface area contributed by atoms with E-state index in [1.54, 1.807) is 11.2 Å². The minimum atomic E-state index is -0.779. The Kier molecular flexibility index (Phi) is 2.84. The SMILES string of the molecule is OCC(O)CN1NN=Cc2ccccc21. The van der Waals surface area contributed by atoms with Crippen molar-refractivity contribution in [1.82, 2.24) is 5.53 Å². The normalized spacial score (nSPS) is 15.7. The zero-order chi connectivity index (χ0) is 10.7. The first-order chi connectivity index (χ1) is 7.31. The number of hydrogen-bond acceptors (Lipinski definition) is 5. The van der Waals surface area contributed by atoms with Crippen LogP contribution >= 0.6 is 0 Å². The van der Waals surface area contributed by atoms with Gasteiger partial charge in [0.1, 0.15) is 0 Å². The van der Waals surface area contributed by atoms with E-state index < -0.39 is 6.10 Å². The zero-order valence-electron chi connectivity index (χ0n) is 8.17. The number of para-hydroxylation sites is 1. The number of rotatable bonds is 3. The Bertz CT molecular complexity index is 367. The summed E-state index contributed by atoms with van der Waals surface area (Å²) in [5.41, 5.74) is 4.70. The number of fused-ring (bicyclic) bond motifs is 1. The Balaban J connectivity index is 2.19. The molecule has 0 radical (unpaired) electrons. The van der Waals surface area contributed by atoms with Crippen LogP contribution in [0.25, 0.3) is 0 Å². The molecule has 3 N–H and O–H groups in total. The van der Waals surface area contributed by atoms with Crippen LogP contribution in [-0.4, -0.2) is 35.7 Å². The molecule has 1 aromatic carbocycles. The van der Waals surface area contributed by atoms with Gasteiger partial charge >= 0.3 is 0 Å². The van der Waals surface area contributed by atoms with E-state index in [-0.39, 0.29) is 6.61 Å². The molecule has 1 aliphatic rings. The third-order valence-corrected chi connectivity index (χ3v) is 2.21. The fourth-order valence-electron chi connectivity index (χ4n) is 1.47. The van der Waals surface area contributed by atoms with Crippen molar-refractivity contribution in [3.8, 4) is 0 Å². The molecule has 5 heteroatoms. The maximum Gasteiger partial charge on any atom is 0.0966 e. The van der Waals surface area contributed by atoms with E-state index in [1.807, 2.05) is 24.3 Å². The molecule has 15 heavy (non-hydrogen) atoms. The molecule has 0 saturated carbocycles. The van der Waals surface area contributed by atoms with Crippen LogP contribution < -0.4 is 10.5 Å². The topological polar surface area (TPSA) is 68.1 Å². The van der Waals surface area contributed by atoms with Gasteiger partial charge in [0.25, 0.3) is 0 Å². The minimum absolute atomic E-state index is 0.260. The lowest BCUT2D eigenvalue weighted by atomic mass is 10.1. The number of benzene rings is 1. The predicted octanol–water partition coefficient (Wildman–Crippen LogP) is -0.302. The molecule has 0 aliphatic carbocycles. The van der Waals surface area contributed by atoms with Gasteiger partial charge < -0.3 is 10.2 Å². The summed E-state index contributed by atoms with van der Waals surface area (Å²) in [6, 6.07) is 7.71. The molecule has 80 valence electrons. The summed E-state index contributed by atoms with van der Waals surface area (Å²) in [7, 11) is 0. The Morgan fingerprint density at radius 2 is 2.20 bits per heavy atom. The van der Waals surface area contributed by atoms with Crippen molar-refractivity contribution >= 4 is 11.9 Å². The molecule has 2 rings (SSSR count). The van der Waals surface area contributed by atoms with E-state index in [1.165, 1.54) is 0 Å². The number of hydrazine groups is 1. The smallest absolute Gasteiger partial charge is 0.0966 e. The number of β-amino-alcohol motifs (C(OH)–C–C–N with tert-alkyl or cyclic N) is 1. The predicted molar refractivity (Wildman–Crippen MR) is 57.6 cm³/mol. The van der Waals surface area contributed by atoms with Gasteiger partial charge in [-0.15, -0.1) is 0 Å². The van der Waals surface area contributed by atoms with Crippen LogP contribution in [0.1, 0.15) is 5.56 Å². The van der Waals surface area contributed by atoms with Crippen molar-refractivity contribution in [2.75, 3.05) is 18.2 Å². The molecule has 0 spiro atoms. The summed E-state index contributed by atoms with van der Waals surface area (Å²) in [6.45, 7) is 0.0366. The second-order valence-corrected chi connectivity index (χ2v) is 3.36. The Morgan fingerprint density at radius 1 is 1.40 bits per heavy atom. The van der Waals surface area contributed by atoms with E-state index in [9.17, 15) is 5.11 Å². The average Bonchev–Trinajstić information content (AvgIpc) is 2.29. The van der Waals surface area contributed by atoms with Gasteiger partial charge in [0, 0.05) is 5.56 Å². The number of nitrogens with one attached hydrogen (secondary N) is 1. The fraction of sp³-hybridized carbons (Fsp3) is 0.300. The molecular formula is C10H13N3O2. The van der Waals surface area contributed by atoms with Gasteiger partial charge in [-0.3, -0.25) is 5.01 Å². The highest BCUT2D eigenvalue weighted by molar-refractivity contribution is 5.89. The van der Waals surface area contributed by atoms with Crippen LogP contribution in [0.15, 0.2) is 29.4 Å². The Labute approximate surface area is 87.6 Å².